The number of ether oxygens (including phenoxy) is 1. The summed E-state index contributed by atoms with van der Waals surface area (Å²) >= 11 is 3.35. The highest BCUT2D eigenvalue weighted by atomic mass is 79.9. The van der Waals surface area contributed by atoms with Crippen LogP contribution in [0.15, 0.2) is 34.9 Å². The molecule has 2 aliphatic rings. The fourth-order valence-corrected chi connectivity index (χ4v) is 5.02. The van der Waals surface area contributed by atoms with Gasteiger partial charge in [-0.1, -0.05) is 22.0 Å². The summed E-state index contributed by atoms with van der Waals surface area (Å²) in [5.41, 5.74) is 2.35. The van der Waals surface area contributed by atoms with E-state index in [9.17, 15) is 4.39 Å². The van der Waals surface area contributed by atoms with Crippen LogP contribution in [0, 0.1) is 5.82 Å². The standard InChI is InChI=1S/C22H22BrF2N3O/c1-12-7-15-14(3-4-18-16(15)10-26-27-18)21(28(12)11-22(25)5-6-22)20-17(24)8-13(23)9-19(20)29-2/h3-4,8-10,12,21H,5-7,11H2,1-2H3,(H,26,27)/t12-,21+/m1/s1. The number of fused-ring (bicyclic) bond motifs is 3. The number of hydrogen-bond acceptors (Lipinski definition) is 3. The predicted molar refractivity (Wildman–Crippen MR) is 112 cm³/mol. The summed E-state index contributed by atoms with van der Waals surface area (Å²) in [7, 11) is 1.54. The van der Waals surface area contributed by atoms with Crippen LogP contribution in [0.4, 0.5) is 8.78 Å². The second kappa shape index (κ2) is 6.77. The van der Waals surface area contributed by atoms with Gasteiger partial charge in [-0.15, -0.1) is 0 Å². The number of aromatic amines is 1. The highest BCUT2D eigenvalue weighted by Gasteiger charge is 2.48. The van der Waals surface area contributed by atoms with Gasteiger partial charge in [0.2, 0.25) is 0 Å². The van der Waals surface area contributed by atoms with E-state index in [0.717, 1.165) is 28.5 Å². The molecule has 0 saturated heterocycles. The summed E-state index contributed by atoms with van der Waals surface area (Å²) in [6.45, 7) is 2.38. The minimum atomic E-state index is -1.18. The summed E-state index contributed by atoms with van der Waals surface area (Å²) < 4.78 is 36.4. The smallest absolute Gasteiger partial charge is 0.133 e. The van der Waals surface area contributed by atoms with Crippen LogP contribution < -0.4 is 4.74 Å². The van der Waals surface area contributed by atoms with Crippen molar-refractivity contribution >= 4 is 26.8 Å². The molecule has 29 heavy (non-hydrogen) atoms. The number of aromatic nitrogens is 2. The van der Waals surface area contributed by atoms with E-state index in [1.165, 1.54) is 6.07 Å². The van der Waals surface area contributed by atoms with Gasteiger partial charge < -0.3 is 4.74 Å². The summed E-state index contributed by atoms with van der Waals surface area (Å²) in [5.74, 6) is 0.102. The van der Waals surface area contributed by atoms with Gasteiger partial charge >= 0.3 is 0 Å². The second-order valence-electron chi connectivity index (χ2n) is 8.25. The third-order valence-electron chi connectivity index (χ3n) is 6.27. The molecule has 1 fully saturated rings. The third kappa shape index (κ3) is 3.15. The molecule has 1 N–H and O–H groups in total. The molecular formula is C22H22BrF2N3O. The Hall–Kier alpha value is -1.99. The fraction of sp³-hybridized carbons (Fsp3) is 0.409. The van der Waals surface area contributed by atoms with Crippen LogP contribution in [0.25, 0.3) is 10.9 Å². The van der Waals surface area contributed by atoms with Crippen LogP contribution in [-0.4, -0.2) is 40.5 Å². The van der Waals surface area contributed by atoms with Crippen molar-refractivity contribution in [2.75, 3.05) is 13.7 Å². The van der Waals surface area contributed by atoms with Crippen LogP contribution in [0.2, 0.25) is 0 Å². The zero-order valence-corrected chi connectivity index (χ0v) is 17.9. The lowest BCUT2D eigenvalue weighted by Crippen LogP contribution is -2.46. The molecule has 1 aliphatic carbocycles. The molecule has 2 atom stereocenters. The molecule has 1 aliphatic heterocycles. The number of halogens is 3. The number of benzene rings is 2. The largest absolute Gasteiger partial charge is 0.496 e. The van der Waals surface area contributed by atoms with E-state index in [-0.39, 0.29) is 11.9 Å². The quantitative estimate of drug-likeness (QED) is 0.572. The first kappa shape index (κ1) is 19.0. The van der Waals surface area contributed by atoms with Crippen molar-refractivity contribution in [3.8, 4) is 5.75 Å². The van der Waals surface area contributed by atoms with Gasteiger partial charge in [0.15, 0.2) is 0 Å². The van der Waals surface area contributed by atoms with Gasteiger partial charge in [-0.2, -0.15) is 5.10 Å². The normalized spacial score (nSPS) is 23.2. The highest BCUT2D eigenvalue weighted by Crippen LogP contribution is 2.48. The minimum absolute atomic E-state index is 0.0500. The Kier molecular flexibility index (Phi) is 4.44. The third-order valence-corrected chi connectivity index (χ3v) is 6.73. The Labute approximate surface area is 176 Å². The average Bonchev–Trinajstić information content (AvgIpc) is 3.21. The Balaban J connectivity index is 1.75. The Morgan fingerprint density at radius 2 is 2.14 bits per heavy atom. The summed E-state index contributed by atoms with van der Waals surface area (Å²) in [6.07, 6.45) is 3.71. The van der Waals surface area contributed by atoms with Crippen molar-refractivity contribution in [2.45, 2.75) is 43.9 Å². The fourth-order valence-electron chi connectivity index (χ4n) is 4.61. The number of H-pyrrole nitrogens is 1. The molecule has 7 heteroatoms. The molecular weight excluding hydrogens is 440 g/mol. The van der Waals surface area contributed by atoms with Gasteiger partial charge in [0, 0.05) is 22.4 Å². The zero-order chi connectivity index (χ0) is 20.3. The Bertz CT molecular complexity index is 1100. The van der Waals surface area contributed by atoms with Crippen molar-refractivity contribution in [1.29, 1.82) is 0 Å². The van der Waals surface area contributed by atoms with E-state index >= 15 is 4.39 Å². The van der Waals surface area contributed by atoms with Crippen LogP contribution in [0.1, 0.15) is 42.5 Å². The molecule has 5 rings (SSSR count). The molecule has 0 radical (unpaired) electrons. The van der Waals surface area contributed by atoms with E-state index in [1.807, 2.05) is 18.3 Å². The van der Waals surface area contributed by atoms with E-state index in [0.29, 0.717) is 35.2 Å². The molecule has 1 saturated carbocycles. The molecule has 2 heterocycles. The molecule has 0 bridgehead atoms. The van der Waals surface area contributed by atoms with E-state index in [1.54, 1.807) is 13.2 Å². The van der Waals surface area contributed by atoms with Crippen LogP contribution in [0.5, 0.6) is 5.75 Å². The average molecular weight is 462 g/mol. The van der Waals surface area contributed by atoms with E-state index < -0.39 is 11.7 Å². The van der Waals surface area contributed by atoms with E-state index in [4.69, 9.17) is 4.74 Å². The molecule has 1 aromatic heterocycles. The first-order valence-electron chi connectivity index (χ1n) is 9.82. The number of alkyl halides is 1. The number of nitrogens with one attached hydrogen (secondary N) is 1. The molecule has 0 unspecified atom stereocenters. The Morgan fingerprint density at radius 1 is 1.34 bits per heavy atom. The molecule has 152 valence electrons. The number of methoxy groups -OCH3 is 1. The van der Waals surface area contributed by atoms with Crippen LogP contribution >= 0.6 is 15.9 Å². The maximum atomic E-state index is 15.3. The number of hydrogen-bond donors (Lipinski definition) is 1. The highest BCUT2D eigenvalue weighted by molar-refractivity contribution is 9.10. The van der Waals surface area contributed by atoms with Crippen molar-refractivity contribution in [3.63, 3.8) is 0 Å². The molecule has 3 aromatic rings. The van der Waals surface area contributed by atoms with Crippen molar-refractivity contribution in [2.24, 2.45) is 0 Å². The first-order chi connectivity index (χ1) is 13.9. The van der Waals surface area contributed by atoms with Crippen molar-refractivity contribution in [3.05, 3.63) is 57.4 Å². The molecule has 4 nitrogen and oxygen atoms in total. The number of nitrogens with zero attached hydrogens (tertiary/aromatic N) is 2. The molecule has 0 amide bonds. The molecule has 0 spiro atoms. The SMILES string of the molecule is COc1cc(Br)cc(F)c1[C@@H]1c2ccc3[nH]ncc3c2C[C@@H](C)N1CC1(F)CC1. The van der Waals surface area contributed by atoms with Crippen LogP contribution in [0.3, 0.4) is 0 Å². The monoisotopic (exact) mass is 461 g/mol. The maximum Gasteiger partial charge on any atom is 0.133 e. The van der Waals surface area contributed by atoms with Gasteiger partial charge in [0.05, 0.1) is 30.4 Å². The first-order valence-corrected chi connectivity index (χ1v) is 10.6. The topological polar surface area (TPSA) is 41.1 Å². The zero-order valence-electron chi connectivity index (χ0n) is 16.3. The van der Waals surface area contributed by atoms with Crippen molar-refractivity contribution in [1.82, 2.24) is 15.1 Å². The van der Waals surface area contributed by atoms with Gasteiger partial charge in [-0.3, -0.25) is 10.00 Å². The lowest BCUT2D eigenvalue weighted by Gasteiger charge is -2.43. The van der Waals surface area contributed by atoms with Gasteiger partial charge in [0.1, 0.15) is 17.2 Å². The van der Waals surface area contributed by atoms with Gasteiger partial charge in [0.25, 0.3) is 0 Å². The van der Waals surface area contributed by atoms with Gasteiger partial charge in [-0.25, -0.2) is 8.78 Å². The summed E-state index contributed by atoms with van der Waals surface area (Å²) in [6, 6.07) is 6.83. The van der Waals surface area contributed by atoms with Crippen molar-refractivity contribution < 1.29 is 13.5 Å². The summed E-state index contributed by atoms with van der Waals surface area (Å²) in [4.78, 5) is 2.11. The lowest BCUT2D eigenvalue weighted by atomic mass is 9.83. The van der Waals surface area contributed by atoms with E-state index in [2.05, 4.69) is 38.0 Å². The number of rotatable bonds is 4. The Morgan fingerprint density at radius 3 is 2.86 bits per heavy atom. The minimum Gasteiger partial charge on any atom is -0.496 e. The molecule has 2 aromatic carbocycles. The summed E-state index contributed by atoms with van der Waals surface area (Å²) in [5, 5.41) is 8.23. The van der Waals surface area contributed by atoms with Gasteiger partial charge in [-0.05, 0) is 55.5 Å². The second-order valence-corrected chi connectivity index (χ2v) is 9.16. The maximum absolute atomic E-state index is 15.3. The predicted octanol–water partition coefficient (Wildman–Crippen LogP) is 5.31. The van der Waals surface area contributed by atoms with Crippen LogP contribution in [-0.2, 0) is 6.42 Å². The lowest BCUT2D eigenvalue weighted by molar-refractivity contribution is 0.0956.